The Morgan fingerprint density at radius 1 is 1.27 bits per heavy atom. The van der Waals surface area contributed by atoms with Crippen LogP contribution in [0.3, 0.4) is 0 Å². The topological polar surface area (TPSA) is 44.8 Å². The zero-order valence-corrected chi connectivity index (χ0v) is 17.3. The Bertz CT molecular complexity index is 477. The van der Waals surface area contributed by atoms with E-state index in [0.29, 0.717) is 22.9 Å². The molecule has 0 bridgehead atoms. The number of aldehydes is 1. The first-order chi connectivity index (χ1) is 10.4. The van der Waals surface area contributed by atoms with E-state index in [1.54, 1.807) is 18.2 Å². The number of benzene rings is 1. The summed E-state index contributed by atoms with van der Waals surface area (Å²) in [7, 11) is -1.05. The molecule has 0 aromatic heterocycles. The lowest BCUT2D eigenvalue weighted by atomic mass is 9.89. The van der Waals surface area contributed by atoms with E-state index in [-0.39, 0.29) is 11.7 Å². The molecule has 7 heteroatoms. The third-order valence-electron chi connectivity index (χ3n) is 3.38. The Balaban J connectivity index is 2.63. The molecule has 0 N–H and O–H groups in total. The molecule has 0 spiro atoms. The fraction of sp³-hybridized carbons (Fsp3) is 0.533. The Morgan fingerprint density at radius 2 is 1.91 bits per heavy atom. The number of halogens is 1. The third kappa shape index (κ3) is 5.85. The van der Waals surface area contributed by atoms with Crippen molar-refractivity contribution in [2.45, 2.75) is 39.7 Å². The Morgan fingerprint density at radius 3 is 2.45 bits per heavy atom. The largest absolute Gasteiger partial charge is 0.493 e. The average Bonchev–Trinajstić information content (AvgIpc) is 2.48. The molecule has 0 fully saturated rings. The van der Waals surface area contributed by atoms with E-state index in [9.17, 15) is 4.79 Å². The standard InChI is InChI=1S/C15H25ClO4Si2/c1-15(2,14(19-21-3)20-22-4)7-8-18-13-6-5-12(16)9-11(13)10-17/h5-6,9-10,14H,7-8,21-22H2,1-4H3. The number of carbonyl (C=O) groups excluding carboxylic acids is 1. The first-order valence-electron chi connectivity index (χ1n) is 7.55. The molecule has 0 radical (unpaired) electrons. The highest BCUT2D eigenvalue weighted by molar-refractivity contribution is 6.30. The molecule has 0 aliphatic rings. The Kier molecular flexibility index (Phi) is 8.34. The van der Waals surface area contributed by atoms with Gasteiger partial charge in [0.25, 0.3) is 0 Å². The summed E-state index contributed by atoms with van der Waals surface area (Å²) in [5, 5.41) is 0.525. The predicted molar refractivity (Wildman–Crippen MR) is 95.5 cm³/mol. The number of hydrogen-bond donors (Lipinski definition) is 0. The van der Waals surface area contributed by atoms with Crippen LogP contribution in [0.25, 0.3) is 0 Å². The van der Waals surface area contributed by atoms with Gasteiger partial charge < -0.3 is 13.6 Å². The number of carbonyl (C=O) groups is 1. The first-order valence-corrected chi connectivity index (χ1v) is 11.9. The Hall–Kier alpha value is -0.666. The van der Waals surface area contributed by atoms with Crippen molar-refractivity contribution in [3.63, 3.8) is 0 Å². The summed E-state index contributed by atoms with van der Waals surface area (Å²) in [6, 6.07) is 5.05. The van der Waals surface area contributed by atoms with Crippen LogP contribution in [-0.2, 0) is 8.85 Å². The molecule has 1 aromatic carbocycles. The summed E-state index contributed by atoms with van der Waals surface area (Å²) >= 11 is 5.87. The molecule has 22 heavy (non-hydrogen) atoms. The third-order valence-corrected chi connectivity index (χ3v) is 4.88. The molecule has 0 saturated heterocycles. The van der Waals surface area contributed by atoms with Gasteiger partial charge in [0.1, 0.15) is 12.0 Å². The van der Waals surface area contributed by atoms with E-state index >= 15 is 0 Å². The SMILES string of the molecule is C[SiH2]OC(O[SiH2]C)C(C)(C)CCOc1ccc(Cl)cc1C=O. The second-order valence-corrected chi connectivity index (χ2v) is 7.89. The highest BCUT2D eigenvalue weighted by Gasteiger charge is 2.30. The van der Waals surface area contributed by atoms with Crippen molar-refractivity contribution in [3.05, 3.63) is 28.8 Å². The molecule has 0 saturated carbocycles. The molecule has 1 aromatic rings. The zero-order valence-electron chi connectivity index (χ0n) is 13.7. The fourth-order valence-corrected chi connectivity index (χ4v) is 4.16. The van der Waals surface area contributed by atoms with E-state index in [4.69, 9.17) is 25.2 Å². The molecule has 0 aliphatic heterocycles. The lowest BCUT2D eigenvalue weighted by Crippen LogP contribution is -2.37. The normalized spacial score (nSPS) is 14.0. The van der Waals surface area contributed by atoms with Gasteiger partial charge in [-0.1, -0.05) is 38.5 Å². The molecule has 0 heterocycles. The molecule has 0 atom stereocenters. The van der Waals surface area contributed by atoms with Gasteiger partial charge in [-0.25, -0.2) is 0 Å². The molecular formula is C15H25ClO4Si2. The van der Waals surface area contributed by atoms with Crippen molar-refractivity contribution in [1.29, 1.82) is 0 Å². The van der Waals surface area contributed by atoms with Crippen LogP contribution in [0, 0.1) is 5.41 Å². The second kappa shape index (κ2) is 9.47. The minimum Gasteiger partial charge on any atom is -0.493 e. The van der Waals surface area contributed by atoms with Gasteiger partial charge in [-0.2, -0.15) is 0 Å². The predicted octanol–water partition coefficient (Wildman–Crippen LogP) is 2.57. The molecule has 4 nitrogen and oxygen atoms in total. The summed E-state index contributed by atoms with van der Waals surface area (Å²) in [6.07, 6.45) is 1.38. The van der Waals surface area contributed by atoms with Crippen molar-refractivity contribution >= 4 is 37.4 Å². The van der Waals surface area contributed by atoms with Crippen molar-refractivity contribution in [1.82, 2.24) is 0 Å². The Labute approximate surface area is 142 Å². The second-order valence-electron chi connectivity index (χ2n) is 5.63. The van der Waals surface area contributed by atoms with Gasteiger partial charge in [0.2, 0.25) is 0 Å². The van der Waals surface area contributed by atoms with Crippen LogP contribution in [0.15, 0.2) is 18.2 Å². The van der Waals surface area contributed by atoms with Gasteiger partial charge in [-0.3, -0.25) is 4.79 Å². The van der Waals surface area contributed by atoms with Crippen molar-refractivity contribution in [3.8, 4) is 5.75 Å². The monoisotopic (exact) mass is 360 g/mol. The maximum absolute atomic E-state index is 11.0. The van der Waals surface area contributed by atoms with Gasteiger partial charge >= 0.3 is 0 Å². The highest BCUT2D eigenvalue weighted by atomic mass is 35.5. The van der Waals surface area contributed by atoms with E-state index in [1.807, 2.05) is 0 Å². The van der Waals surface area contributed by atoms with Crippen molar-refractivity contribution < 1.29 is 18.4 Å². The number of rotatable bonds is 10. The molecule has 0 amide bonds. The maximum atomic E-state index is 11.0. The van der Waals surface area contributed by atoms with Crippen LogP contribution in [0.2, 0.25) is 18.1 Å². The molecular weight excluding hydrogens is 336 g/mol. The molecule has 124 valence electrons. The van der Waals surface area contributed by atoms with E-state index in [1.165, 1.54) is 0 Å². The summed E-state index contributed by atoms with van der Waals surface area (Å²) < 4.78 is 17.4. The van der Waals surface area contributed by atoms with Crippen LogP contribution < -0.4 is 4.74 Å². The fourth-order valence-electron chi connectivity index (χ4n) is 2.09. The first kappa shape index (κ1) is 19.4. The van der Waals surface area contributed by atoms with Gasteiger partial charge in [0.15, 0.2) is 25.8 Å². The van der Waals surface area contributed by atoms with Crippen molar-refractivity contribution in [2.24, 2.45) is 5.41 Å². The number of hydrogen-bond acceptors (Lipinski definition) is 4. The average molecular weight is 361 g/mol. The van der Waals surface area contributed by atoms with Gasteiger partial charge in [-0.15, -0.1) is 0 Å². The lowest BCUT2D eigenvalue weighted by molar-refractivity contribution is -0.0854. The highest BCUT2D eigenvalue weighted by Crippen LogP contribution is 2.29. The summed E-state index contributed by atoms with van der Waals surface area (Å²) in [5.41, 5.74) is 0.344. The van der Waals surface area contributed by atoms with Crippen LogP contribution in [0.4, 0.5) is 0 Å². The van der Waals surface area contributed by atoms with Crippen LogP contribution in [0.1, 0.15) is 30.6 Å². The summed E-state index contributed by atoms with van der Waals surface area (Å²) in [4.78, 5) is 11.0. The smallest absolute Gasteiger partial charge is 0.161 e. The van der Waals surface area contributed by atoms with E-state index in [0.717, 1.165) is 12.7 Å². The zero-order chi connectivity index (χ0) is 16.6. The number of ether oxygens (including phenoxy) is 1. The van der Waals surface area contributed by atoms with Crippen LogP contribution >= 0.6 is 11.6 Å². The lowest BCUT2D eigenvalue weighted by Gasteiger charge is -2.34. The molecule has 0 aliphatic carbocycles. The van der Waals surface area contributed by atoms with E-state index < -0.39 is 19.5 Å². The van der Waals surface area contributed by atoms with Crippen LogP contribution in [-0.4, -0.2) is 38.7 Å². The van der Waals surface area contributed by atoms with E-state index in [2.05, 4.69) is 26.9 Å². The molecule has 0 unspecified atom stereocenters. The molecule has 1 rings (SSSR count). The quantitative estimate of drug-likeness (QED) is 0.365. The van der Waals surface area contributed by atoms with Gasteiger partial charge in [0, 0.05) is 10.4 Å². The van der Waals surface area contributed by atoms with Gasteiger partial charge in [-0.05, 0) is 24.6 Å². The van der Waals surface area contributed by atoms with Crippen LogP contribution in [0.5, 0.6) is 5.75 Å². The minimum absolute atomic E-state index is 0.125. The summed E-state index contributed by atoms with van der Waals surface area (Å²) in [6.45, 7) is 8.94. The van der Waals surface area contributed by atoms with Crippen molar-refractivity contribution in [2.75, 3.05) is 6.61 Å². The summed E-state index contributed by atoms with van der Waals surface area (Å²) in [5.74, 6) is 0.559. The van der Waals surface area contributed by atoms with Gasteiger partial charge in [0.05, 0.1) is 12.2 Å². The minimum atomic E-state index is -0.527. The maximum Gasteiger partial charge on any atom is 0.161 e.